The number of nitrogens with zero attached hydrogens (tertiary/aromatic N) is 2. The van der Waals surface area contributed by atoms with Gasteiger partial charge in [0.05, 0.1) is 6.54 Å². The van der Waals surface area contributed by atoms with Crippen molar-refractivity contribution in [3.63, 3.8) is 0 Å². The summed E-state index contributed by atoms with van der Waals surface area (Å²) in [5.41, 5.74) is -0.754. The molecule has 0 unspecified atom stereocenters. The summed E-state index contributed by atoms with van der Waals surface area (Å²) in [5, 5.41) is 0. The molecule has 0 saturated carbocycles. The van der Waals surface area contributed by atoms with E-state index < -0.39 is 29.2 Å². The van der Waals surface area contributed by atoms with Gasteiger partial charge in [0.1, 0.15) is 5.69 Å². The third kappa shape index (κ3) is 2.70. The lowest BCUT2D eigenvalue weighted by Gasteiger charge is -2.19. The first-order chi connectivity index (χ1) is 8.90. The highest BCUT2D eigenvalue weighted by atomic mass is 32.1. The van der Waals surface area contributed by atoms with Gasteiger partial charge < -0.3 is 4.90 Å². The predicted molar refractivity (Wildman–Crippen MR) is 65.2 cm³/mol. The van der Waals surface area contributed by atoms with Crippen LogP contribution in [0.5, 0.6) is 0 Å². The van der Waals surface area contributed by atoms with Crippen LogP contribution in [0.1, 0.15) is 9.75 Å². The Hall–Kier alpha value is -1.63. The molecule has 0 bridgehead atoms. The van der Waals surface area contributed by atoms with Crippen LogP contribution in [0.4, 0.5) is 23.2 Å². The predicted octanol–water partition coefficient (Wildman–Crippen LogP) is 3.64. The van der Waals surface area contributed by atoms with E-state index in [0.29, 0.717) is 0 Å². The van der Waals surface area contributed by atoms with E-state index in [0.717, 1.165) is 14.7 Å². The SMILES string of the molecule is Cc1ccc(CN(C)c2c(F)c(F)nc(F)c2F)s1. The van der Waals surface area contributed by atoms with Gasteiger partial charge in [0, 0.05) is 16.8 Å². The minimum absolute atomic E-state index is 0.148. The molecule has 0 atom stereocenters. The van der Waals surface area contributed by atoms with Gasteiger partial charge >= 0.3 is 0 Å². The summed E-state index contributed by atoms with van der Waals surface area (Å²) >= 11 is 1.44. The average molecular weight is 290 g/mol. The number of rotatable bonds is 3. The molecule has 7 heteroatoms. The number of aryl methyl sites for hydroxylation is 1. The topological polar surface area (TPSA) is 16.1 Å². The molecule has 0 radical (unpaired) electrons. The van der Waals surface area contributed by atoms with Crippen LogP contribution in [0, 0.1) is 30.5 Å². The van der Waals surface area contributed by atoms with E-state index in [1.807, 2.05) is 13.0 Å². The number of halogens is 4. The van der Waals surface area contributed by atoms with Crippen molar-refractivity contribution in [2.75, 3.05) is 11.9 Å². The molecule has 0 spiro atoms. The molecule has 2 aromatic heterocycles. The molecule has 0 aliphatic heterocycles. The Balaban J connectivity index is 2.36. The van der Waals surface area contributed by atoms with E-state index in [9.17, 15) is 17.6 Å². The summed E-state index contributed by atoms with van der Waals surface area (Å²) in [6.07, 6.45) is 0. The molecular formula is C12H10F4N2S. The lowest BCUT2D eigenvalue weighted by atomic mass is 10.3. The third-order valence-electron chi connectivity index (χ3n) is 2.55. The lowest BCUT2D eigenvalue weighted by Crippen LogP contribution is -2.20. The highest BCUT2D eigenvalue weighted by Crippen LogP contribution is 2.27. The first-order valence-electron chi connectivity index (χ1n) is 5.36. The van der Waals surface area contributed by atoms with Gasteiger partial charge in [-0.1, -0.05) is 0 Å². The molecule has 2 rings (SSSR count). The molecule has 0 amide bonds. The fourth-order valence-corrected chi connectivity index (χ4v) is 2.64. The second kappa shape index (κ2) is 5.16. The van der Waals surface area contributed by atoms with Crippen molar-refractivity contribution < 1.29 is 17.6 Å². The normalized spacial score (nSPS) is 10.8. The number of pyridine rings is 1. The Bertz CT molecular complexity index is 586. The minimum atomic E-state index is -1.65. The molecule has 0 aliphatic carbocycles. The Kier molecular flexibility index (Phi) is 3.75. The number of hydrogen-bond acceptors (Lipinski definition) is 3. The van der Waals surface area contributed by atoms with Gasteiger partial charge in [0.15, 0.2) is 0 Å². The van der Waals surface area contributed by atoms with Crippen molar-refractivity contribution in [2.24, 2.45) is 0 Å². The second-order valence-electron chi connectivity index (χ2n) is 4.04. The summed E-state index contributed by atoms with van der Waals surface area (Å²) in [6, 6.07) is 3.65. The summed E-state index contributed by atoms with van der Waals surface area (Å²) < 4.78 is 53.0. The van der Waals surface area contributed by atoms with Crippen LogP contribution in [0.3, 0.4) is 0 Å². The smallest absolute Gasteiger partial charge is 0.253 e. The largest absolute Gasteiger partial charge is 0.364 e. The Morgan fingerprint density at radius 3 is 2.16 bits per heavy atom. The maximum Gasteiger partial charge on any atom is 0.253 e. The Morgan fingerprint density at radius 2 is 1.68 bits per heavy atom. The molecule has 0 aromatic carbocycles. The molecule has 0 aliphatic rings. The molecule has 0 saturated heterocycles. The van der Waals surface area contributed by atoms with E-state index in [1.165, 1.54) is 18.4 Å². The van der Waals surface area contributed by atoms with E-state index in [2.05, 4.69) is 4.98 Å². The molecule has 2 nitrogen and oxygen atoms in total. The number of hydrogen-bond donors (Lipinski definition) is 0. The fraction of sp³-hybridized carbons (Fsp3) is 0.250. The highest BCUT2D eigenvalue weighted by molar-refractivity contribution is 7.11. The van der Waals surface area contributed by atoms with E-state index in [-0.39, 0.29) is 6.54 Å². The molecule has 2 aromatic rings. The summed E-state index contributed by atoms with van der Waals surface area (Å²) in [6.45, 7) is 2.04. The van der Waals surface area contributed by atoms with Crippen molar-refractivity contribution in [1.29, 1.82) is 0 Å². The number of anilines is 1. The first kappa shape index (κ1) is 13.8. The highest BCUT2D eigenvalue weighted by Gasteiger charge is 2.23. The zero-order valence-corrected chi connectivity index (χ0v) is 11.0. The van der Waals surface area contributed by atoms with Crippen LogP contribution in [0.15, 0.2) is 12.1 Å². The van der Waals surface area contributed by atoms with E-state index >= 15 is 0 Å². The average Bonchev–Trinajstić information content (AvgIpc) is 2.72. The molecular weight excluding hydrogens is 280 g/mol. The van der Waals surface area contributed by atoms with Crippen LogP contribution in [-0.4, -0.2) is 12.0 Å². The fourth-order valence-electron chi connectivity index (χ4n) is 1.69. The Morgan fingerprint density at radius 1 is 1.11 bits per heavy atom. The molecule has 0 N–H and O–H groups in total. The van der Waals surface area contributed by atoms with Gasteiger partial charge in [0.25, 0.3) is 11.9 Å². The monoisotopic (exact) mass is 290 g/mol. The van der Waals surface area contributed by atoms with Gasteiger partial charge in [-0.3, -0.25) is 0 Å². The van der Waals surface area contributed by atoms with Crippen LogP contribution < -0.4 is 4.90 Å². The van der Waals surface area contributed by atoms with Crippen LogP contribution in [-0.2, 0) is 6.54 Å². The third-order valence-corrected chi connectivity index (χ3v) is 3.53. The molecule has 102 valence electrons. The number of aromatic nitrogens is 1. The summed E-state index contributed by atoms with van der Waals surface area (Å²) in [4.78, 5) is 5.50. The van der Waals surface area contributed by atoms with Crippen molar-refractivity contribution >= 4 is 17.0 Å². The van der Waals surface area contributed by atoms with E-state index in [1.54, 1.807) is 6.07 Å². The summed E-state index contributed by atoms with van der Waals surface area (Å²) in [5.74, 6) is -6.28. The first-order valence-corrected chi connectivity index (χ1v) is 6.18. The maximum atomic E-state index is 13.5. The van der Waals surface area contributed by atoms with Crippen LogP contribution >= 0.6 is 11.3 Å². The zero-order valence-electron chi connectivity index (χ0n) is 10.2. The maximum absolute atomic E-state index is 13.5. The van der Waals surface area contributed by atoms with Crippen molar-refractivity contribution in [3.05, 3.63) is 45.4 Å². The Labute approximate surface area is 111 Å². The van der Waals surface area contributed by atoms with Crippen molar-refractivity contribution in [1.82, 2.24) is 4.98 Å². The van der Waals surface area contributed by atoms with Crippen LogP contribution in [0.25, 0.3) is 0 Å². The van der Waals surface area contributed by atoms with Crippen molar-refractivity contribution in [2.45, 2.75) is 13.5 Å². The number of thiophene rings is 1. The molecule has 2 heterocycles. The van der Waals surface area contributed by atoms with Gasteiger partial charge in [-0.2, -0.15) is 22.5 Å². The van der Waals surface area contributed by atoms with Gasteiger partial charge in [-0.25, -0.2) is 0 Å². The van der Waals surface area contributed by atoms with E-state index in [4.69, 9.17) is 0 Å². The lowest BCUT2D eigenvalue weighted by molar-refractivity contribution is 0.407. The van der Waals surface area contributed by atoms with Gasteiger partial charge in [-0.15, -0.1) is 11.3 Å². The van der Waals surface area contributed by atoms with Crippen molar-refractivity contribution in [3.8, 4) is 0 Å². The van der Waals surface area contributed by atoms with Gasteiger partial charge in [-0.05, 0) is 19.1 Å². The zero-order chi connectivity index (χ0) is 14.2. The standard InChI is InChI=1S/C12H10F4N2S/c1-6-3-4-7(19-6)5-18(2)10-8(13)11(15)17-12(16)9(10)14/h3-4H,5H2,1-2H3. The summed E-state index contributed by atoms with van der Waals surface area (Å²) in [7, 11) is 1.36. The quantitative estimate of drug-likeness (QED) is 0.633. The second-order valence-corrected chi connectivity index (χ2v) is 5.41. The minimum Gasteiger partial charge on any atom is -0.364 e. The molecule has 0 fully saturated rings. The molecule has 19 heavy (non-hydrogen) atoms. The van der Waals surface area contributed by atoms with Gasteiger partial charge in [0.2, 0.25) is 11.6 Å². The van der Waals surface area contributed by atoms with Crippen LogP contribution in [0.2, 0.25) is 0 Å².